The highest BCUT2D eigenvalue weighted by Crippen LogP contribution is 2.44. The molecular weight excluding hydrogens is 620 g/mol. The maximum absolute atomic E-state index is 13.2. The van der Waals surface area contributed by atoms with Crippen LogP contribution in [0.4, 0.5) is 19.0 Å². The molecule has 0 saturated carbocycles. The highest BCUT2D eigenvalue weighted by atomic mass is 32.1. The van der Waals surface area contributed by atoms with E-state index in [0.29, 0.717) is 28.0 Å². The van der Waals surface area contributed by atoms with Crippen molar-refractivity contribution >= 4 is 38.3 Å². The maximum Gasteiger partial charge on any atom is 0.393 e. The van der Waals surface area contributed by atoms with E-state index in [2.05, 4.69) is 62.4 Å². The number of rotatable bonds is 8. The number of anilines is 1. The van der Waals surface area contributed by atoms with Gasteiger partial charge in [0.1, 0.15) is 28.2 Å². The summed E-state index contributed by atoms with van der Waals surface area (Å²) >= 11 is 1.14. The molecule has 1 spiro atoms. The van der Waals surface area contributed by atoms with Gasteiger partial charge in [-0.1, -0.05) is 19.4 Å². The monoisotopic (exact) mass is 663 g/mol. The Morgan fingerprint density at radius 3 is 2.55 bits per heavy atom. The Hall–Kier alpha value is -3.20. The lowest BCUT2D eigenvalue weighted by Gasteiger charge is -2.32. The van der Waals surface area contributed by atoms with Gasteiger partial charge in [0.2, 0.25) is 0 Å². The van der Waals surface area contributed by atoms with E-state index in [1.54, 1.807) is 6.07 Å². The van der Waals surface area contributed by atoms with Crippen LogP contribution in [0.5, 0.6) is 0 Å². The molecule has 11 heteroatoms. The molecule has 3 aromatic heterocycles. The highest BCUT2D eigenvalue weighted by molar-refractivity contribution is 7.18. The first kappa shape index (κ1) is 32.4. The van der Waals surface area contributed by atoms with Crippen LogP contribution in [0.15, 0.2) is 24.3 Å². The second-order valence-electron chi connectivity index (χ2n) is 14.2. The first-order chi connectivity index (χ1) is 22.5. The van der Waals surface area contributed by atoms with Gasteiger partial charge < -0.3 is 9.47 Å². The average molecular weight is 664 g/mol. The molecule has 7 nitrogen and oxygen atoms in total. The van der Waals surface area contributed by atoms with Gasteiger partial charge in [0.25, 0.3) is 0 Å². The third-order valence-corrected chi connectivity index (χ3v) is 11.9. The topological polar surface area (TPSA) is 64.2 Å². The molecule has 3 aliphatic heterocycles. The molecule has 47 heavy (non-hydrogen) atoms. The van der Waals surface area contributed by atoms with Crippen molar-refractivity contribution in [1.29, 1.82) is 5.26 Å². The van der Waals surface area contributed by atoms with Crippen LogP contribution in [0.1, 0.15) is 73.5 Å². The number of aryl methyl sites for hydroxylation is 2. The summed E-state index contributed by atoms with van der Waals surface area (Å²) in [6.45, 7) is 14.1. The van der Waals surface area contributed by atoms with Gasteiger partial charge in [0, 0.05) is 66.4 Å². The number of nitrogens with zero attached hydrogens (tertiary/aromatic N) is 7. The van der Waals surface area contributed by atoms with Gasteiger partial charge in [-0.15, -0.1) is 11.3 Å². The zero-order valence-corrected chi connectivity index (χ0v) is 28.5. The van der Waals surface area contributed by atoms with Crippen molar-refractivity contribution in [3.8, 4) is 6.07 Å². The number of piperidine rings is 1. The average Bonchev–Trinajstić information content (AvgIpc) is 3.83. The lowest BCUT2D eigenvalue weighted by atomic mass is 9.86. The van der Waals surface area contributed by atoms with Crippen LogP contribution in [0, 0.1) is 23.7 Å². The molecule has 0 amide bonds. The van der Waals surface area contributed by atoms with Crippen LogP contribution in [-0.4, -0.2) is 75.8 Å². The first-order valence-electron chi connectivity index (χ1n) is 17.1. The number of alkyl halides is 3. The van der Waals surface area contributed by atoms with Crippen LogP contribution in [0.2, 0.25) is 0 Å². The molecule has 1 unspecified atom stereocenters. The Bertz CT molecular complexity index is 1820. The smallest absolute Gasteiger partial charge is 0.355 e. The van der Waals surface area contributed by atoms with Gasteiger partial charge in [-0.2, -0.15) is 18.4 Å². The molecule has 0 bridgehead atoms. The molecule has 3 fully saturated rings. The Labute approximate surface area is 279 Å². The fourth-order valence-corrected chi connectivity index (χ4v) is 9.33. The highest BCUT2D eigenvalue weighted by Gasteiger charge is 2.44. The maximum atomic E-state index is 13.2. The standard InChI is InChI=1S/C36H44F3N7S/c1-4-32-41-33(30-17-28(18-36(37,38)39)47-34(30)42-32)45-15-11-35(23-45)10-14-43(22-35)21-26-8-9-31-29(25(26)3)16-27(19-40)46(31)20-24(2)44-12-6-5-7-13-44/h8-9,16-17,24H,4-7,10-15,18,20-23H2,1-3H3/t24-,35?/m0/s1. The number of benzene rings is 1. The predicted octanol–water partition coefficient (Wildman–Crippen LogP) is 7.47. The number of hydrogen-bond acceptors (Lipinski definition) is 7. The van der Waals surface area contributed by atoms with Crippen LogP contribution in [0.25, 0.3) is 21.1 Å². The molecule has 2 atom stereocenters. The molecule has 250 valence electrons. The number of likely N-dealkylation sites (tertiary alicyclic amines) is 2. The Balaban J connectivity index is 1.07. The molecule has 0 radical (unpaired) electrons. The third kappa shape index (κ3) is 6.49. The zero-order chi connectivity index (χ0) is 32.9. The van der Waals surface area contributed by atoms with Crippen molar-refractivity contribution in [2.45, 2.75) is 91.0 Å². The Morgan fingerprint density at radius 2 is 1.81 bits per heavy atom. The summed E-state index contributed by atoms with van der Waals surface area (Å²) in [7, 11) is 0. The summed E-state index contributed by atoms with van der Waals surface area (Å²) in [5.41, 5.74) is 4.56. The summed E-state index contributed by atoms with van der Waals surface area (Å²) in [4.78, 5) is 17.8. The second-order valence-corrected chi connectivity index (χ2v) is 15.3. The Kier molecular flexibility index (Phi) is 8.73. The summed E-state index contributed by atoms with van der Waals surface area (Å²) < 4.78 is 41.8. The van der Waals surface area contributed by atoms with Gasteiger partial charge >= 0.3 is 6.18 Å². The summed E-state index contributed by atoms with van der Waals surface area (Å²) in [6.07, 6.45) is 1.41. The van der Waals surface area contributed by atoms with Gasteiger partial charge in [0.05, 0.1) is 11.8 Å². The SMILES string of the molecule is CCc1nc(N2CCC3(CCN(Cc4ccc5c(cc(C#N)n5C[C@H](C)N5CCCCC5)c4C)C3)C2)c2cc(CC(F)(F)F)sc2n1. The number of fused-ring (bicyclic) bond motifs is 2. The van der Waals surface area contributed by atoms with Gasteiger partial charge in [-0.3, -0.25) is 9.80 Å². The minimum Gasteiger partial charge on any atom is -0.355 e. The first-order valence-corrected chi connectivity index (χ1v) is 18.0. The van der Waals surface area contributed by atoms with Crippen molar-refractivity contribution in [3.05, 3.63) is 51.8 Å². The van der Waals surface area contributed by atoms with Crippen molar-refractivity contribution in [1.82, 2.24) is 24.3 Å². The molecule has 3 saturated heterocycles. The quantitative estimate of drug-likeness (QED) is 0.195. The van der Waals surface area contributed by atoms with Crippen molar-refractivity contribution in [2.24, 2.45) is 5.41 Å². The van der Waals surface area contributed by atoms with Crippen LogP contribution in [0.3, 0.4) is 0 Å². The van der Waals surface area contributed by atoms with Crippen molar-refractivity contribution in [2.75, 3.05) is 44.2 Å². The van der Waals surface area contributed by atoms with E-state index >= 15 is 0 Å². The molecule has 0 N–H and O–H groups in total. The van der Waals surface area contributed by atoms with Crippen LogP contribution < -0.4 is 4.90 Å². The summed E-state index contributed by atoms with van der Waals surface area (Å²) in [6, 6.07) is 11.1. The minimum absolute atomic E-state index is 0.133. The van der Waals surface area contributed by atoms with E-state index < -0.39 is 12.6 Å². The molecule has 6 heterocycles. The van der Waals surface area contributed by atoms with E-state index in [1.807, 2.05) is 6.92 Å². The van der Waals surface area contributed by atoms with Crippen LogP contribution in [-0.2, 0) is 25.9 Å². The van der Waals surface area contributed by atoms with E-state index in [9.17, 15) is 18.4 Å². The molecule has 1 aromatic carbocycles. The van der Waals surface area contributed by atoms with Gasteiger partial charge in [0.15, 0.2) is 0 Å². The van der Waals surface area contributed by atoms with E-state index in [0.717, 1.165) is 99.0 Å². The lowest BCUT2D eigenvalue weighted by molar-refractivity contribution is -0.126. The molecule has 4 aromatic rings. The van der Waals surface area contributed by atoms with Gasteiger partial charge in [-0.05, 0) is 88.5 Å². The molecular formula is C36H44F3N7S. The molecule has 3 aliphatic rings. The predicted molar refractivity (Wildman–Crippen MR) is 182 cm³/mol. The zero-order valence-electron chi connectivity index (χ0n) is 27.7. The van der Waals surface area contributed by atoms with Gasteiger partial charge in [-0.25, -0.2) is 9.97 Å². The number of hydrogen-bond donors (Lipinski definition) is 0. The fraction of sp³-hybridized carbons (Fsp3) is 0.583. The fourth-order valence-electron chi connectivity index (χ4n) is 8.26. The number of thiophene rings is 1. The Morgan fingerprint density at radius 1 is 1.02 bits per heavy atom. The minimum atomic E-state index is -4.25. The summed E-state index contributed by atoms with van der Waals surface area (Å²) in [5.74, 6) is 1.47. The molecule has 7 rings (SSSR count). The largest absolute Gasteiger partial charge is 0.393 e. The second kappa shape index (κ2) is 12.7. The normalized spacial score (nSPS) is 21.9. The number of aromatic nitrogens is 3. The van der Waals surface area contributed by atoms with Crippen molar-refractivity contribution in [3.63, 3.8) is 0 Å². The lowest BCUT2D eigenvalue weighted by Crippen LogP contribution is -2.39. The number of nitriles is 1. The van der Waals surface area contributed by atoms with Crippen molar-refractivity contribution < 1.29 is 13.2 Å². The number of halogens is 3. The van der Waals surface area contributed by atoms with E-state index in [4.69, 9.17) is 4.98 Å². The van der Waals surface area contributed by atoms with E-state index in [1.165, 1.54) is 35.8 Å². The van der Waals surface area contributed by atoms with Crippen LogP contribution >= 0.6 is 11.3 Å². The summed E-state index contributed by atoms with van der Waals surface area (Å²) in [5, 5.41) is 12.0. The third-order valence-electron chi connectivity index (χ3n) is 10.9. The van der Waals surface area contributed by atoms with E-state index in [-0.39, 0.29) is 5.41 Å². The molecule has 0 aliphatic carbocycles.